The predicted molar refractivity (Wildman–Crippen MR) is 114 cm³/mol. The maximum atomic E-state index is 13.0. The molecular weight excluding hydrogens is 378 g/mol. The second kappa shape index (κ2) is 9.06. The molecule has 0 radical (unpaired) electrons. The molecule has 5 nitrogen and oxygen atoms in total. The zero-order valence-electron chi connectivity index (χ0n) is 16.6. The summed E-state index contributed by atoms with van der Waals surface area (Å²) in [5.41, 5.74) is 1.70. The molecule has 1 N–H and O–H groups in total. The van der Waals surface area contributed by atoms with Crippen molar-refractivity contribution in [3.63, 3.8) is 0 Å². The first-order valence-electron chi connectivity index (χ1n) is 9.63. The summed E-state index contributed by atoms with van der Waals surface area (Å²) in [6.45, 7) is 0.439. The van der Waals surface area contributed by atoms with Crippen molar-refractivity contribution in [1.29, 1.82) is 0 Å². The Labute approximate surface area is 175 Å². The molecule has 0 spiro atoms. The van der Waals surface area contributed by atoms with Crippen molar-refractivity contribution >= 4 is 5.91 Å². The number of hydrogen-bond acceptors (Lipinski definition) is 4. The summed E-state index contributed by atoms with van der Waals surface area (Å²) in [5, 5.41) is 2.91. The quantitative estimate of drug-likeness (QED) is 0.656. The summed E-state index contributed by atoms with van der Waals surface area (Å²) >= 11 is 0. The van der Waals surface area contributed by atoms with Crippen LogP contribution in [0.5, 0.6) is 23.0 Å². The van der Waals surface area contributed by atoms with E-state index >= 15 is 0 Å². The number of rotatable bonds is 5. The Morgan fingerprint density at radius 2 is 1.50 bits per heavy atom. The van der Waals surface area contributed by atoms with Gasteiger partial charge in [-0.05, 0) is 24.3 Å². The third kappa shape index (κ3) is 4.08. The molecular formula is C25H21NO4. The molecule has 0 saturated carbocycles. The fourth-order valence-electron chi connectivity index (χ4n) is 3.39. The van der Waals surface area contributed by atoms with E-state index in [0.29, 0.717) is 23.0 Å². The average molecular weight is 399 g/mol. The normalized spacial score (nSPS) is 11.8. The predicted octanol–water partition coefficient (Wildman–Crippen LogP) is 4.13. The van der Waals surface area contributed by atoms with Crippen LogP contribution in [0.2, 0.25) is 0 Å². The molecule has 1 aliphatic heterocycles. The van der Waals surface area contributed by atoms with Crippen LogP contribution in [0, 0.1) is 11.8 Å². The van der Waals surface area contributed by atoms with Gasteiger partial charge in [0.1, 0.15) is 18.1 Å². The molecule has 3 aromatic rings. The first kappa shape index (κ1) is 19.4. The van der Waals surface area contributed by atoms with Gasteiger partial charge in [-0.25, -0.2) is 0 Å². The van der Waals surface area contributed by atoms with Gasteiger partial charge in [-0.2, -0.15) is 0 Å². The van der Waals surface area contributed by atoms with Crippen molar-refractivity contribution in [2.75, 3.05) is 20.3 Å². The minimum Gasteiger partial charge on any atom is -0.493 e. The molecule has 0 unspecified atom stereocenters. The van der Waals surface area contributed by atoms with E-state index in [2.05, 4.69) is 17.2 Å². The number of para-hydroxylation sites is 4. The molecule has 0 bridgehead atoms. The van der Waals surface area contributed by atoms with E-state index in [0.717, 1.165) is 11.1 Å². The van der Waals surface area contributed by atoms with Crippen LogP contribution in [0.1, 0.15) is 17.0 Å². The van der Waals surface area contributed by atoms with Gasteiger partial charge in [0.25, 0.3) is 0 Å². The van der Waals surface area contributed by atoms with Crippen molar-refractivity contribution < 1.29 is 19.0 Å². The van der Waals surface area contributed by atoms with E-state index in [1.54, 1.807) is 7.11 Å². The SMILES string of the molecule is COc1ccccc1OCC#CCNC(=O)C1c2ccccc2Oc2ccccc21. The van der Waals surface area contributed by atoms with Crippen molar-refractivity contribution in [2.24, 2.45) is 0 Å². The molecule has 0 atom stereocenters. The van der Waals surface area contributed by atoms with Crippen LogP contribution < -0.4 is 19.5 Å². The highest BCUT2D eigenvalue weighted by molar-refractivity contribution is 5.89. The molecule has 150 valence electrons. The molecule has 0 aromatic heterocycles. The topological polar surface area (TPSA) is 56.8 Å². The lowest BCUT2D eigenvalue weighted by Gasteiger charge is -2.27. The van der Waals surface area contributed by atoms with Gasteiger partial charge in [0.15, 0.2) is 11.5 Å². The Kier molecular flexibility index (Phi) is 5.86. The van der Waals surface area contributed by atoms with Crippen molar-refractivity contribution in [3.05, 3.63) is 83.9 Å². The van der Waals surface area contributed by atoms with Gasteiger partial charge in [-0.1, -0.05) is 60.4 Å². The lowest BCUT2D eigenvalue weighted by molar-refractivity contribution is -0.121. The van der Waals surface area contributed by atoms with Crippen LogP contribution in [0.15, 0.2) is 72.8 Å². The standard InChI is InChI=1S/C25H21NO4/c1-28-22-14-6-7-15-23(22)29-17-9-8-16-26-25(27)24-18-10-2-4-12-20(18)30-21-13-5-3-11-19(21)24/h2-7,10-15,24H,16-17H2,1H3,(H,26,27). The minimum absolute atomic E-state index is 0.113. The number of carbonyl (C=O) groups is 1. The van der Waals surface area contributed by atoms with Gasteiger partial charge in [0.2, 0.25) is 5.91 Å². The Bertz CT molecular complexity index is 1070. The number of hydrogen-bond donors (Lipinski definition) is 1. The first-order valence-corrected chi connectivity index (χ1v) is 9.63. The summed E-state index contributed by atoms with van der Waals surface area (Å²) in [6, 6.07) is 22.6. The Hall–Kier alpha value is -3.91. The number of amides is 1. The van der Waals surface area contributed by atoms with E-state index in [4.69, 9.17) is 14.2 Å². The van der Waals surface area contributed by atoms with E-state index in [1.807, 2.05) is 72.8 Å². The summed E-state index contributed by atoms with van der Waals surface area (Å²) in [4.78, 5) is 13.0. The third-order valence-electron chi connectivity index (χ3n) is 4.79. The summed E-state index contributed by atoms with van der Waals surface area (Å²) in [5.74, 6) is 7.99. The van der Waals surface area contributed by atoms with Gasteiger partial charge in [-0.3, -0.25) is 4.79 Å². The van der Waals surface area contributed by atoms with Crippen LogP contribution in [0.4, 0.5) is 0 Å². The smallest absolute Gasteiger partial charge is 0.233 e. The second-order valence-electron chi connectivity index (χ2n) is 6.62. The van der Waals surface area contributed by atoms with Gasteiger partial charge in [-0.15, -0.1) is 0 Å². The van der Waals surface area contributed by atoms with Crippen LogP contribution in [-0.4, -0.2) is 26.2 Å². The van der Waals surface area contributed by atoms with E-state index in [1.165, 1.54) is 0 Å². The molecule has 1 heterocycles. The molecule has 5 heteroatoms. The van der Waals surface area contributed by atoms with Crippen molar-refractivity contribution in [3.8, 4) is 34.8 Å². The molecule has 0 fully saturated rings. The van der Waals surface area contributed by atoms with Gasteiger partial charge >= 0.3 is 0 Å². The fraction of sp³-hybridized carbons (Fsp3) is 0.160. The Morgan fingerprint density at radius 3 is 2.17 bits per heavy atom. The first-order chi connectivity index (χ1) is 14.8. The number of fused-ring (bicyclic) bond motifs is 2. The summed E-state index contributed by atoms with van der Waals surface area (Å²) < 4.78 is 16.8. The van der Waals surface area contributed by atoms with Crippen molar-refractivity contribution in [2.45, 2.75) is 5.92 Å². The number of carbonyl (C=O) groups excluding carboxylic acids is 1. The van der Waals surface area contributed by atoms with Gasteiger partial charge < -0.3 is 19.5 Å². The van der Waals surface area contributed by atoms with E-state index in [-0.39, 0.29) is 19.1 Å². The number of methoxy groups -OCH3 is 1. The molecule has 4 rings (SSSR count). The molecule has 1 aliphatic rings. The van der Waals surface area contributed by atoms with Crippen LogP contribution in [0.3, 0.4) is 0 Å². The van der Waals surface area contributed by atoms with Crippen molar-refractivity contribution in [1.82, 2.24) is 5.32 Å². The lowest BCUT2D eigenvalue weighted by atomic mass is 9.87. The number of benzene rings is 3. The average Bonchev–Trinajstić information content (AvgIpc) is 2.79. The third-order valence-corrected chi connectivity index (χ3v) is 4.79. The monoisotopic (exact) mass is 399 g/mol. The Morgan fingerprint density at radius 1 is 0.900 bits per heavy atom. The van der Waals surface area contributed by atoms with Crippen LogP contribution >= 0.6 is 0 Å². The van der Waals surface area contributed by atoms with Gasteiger partial charge in [0.05, 0.1) is 19.6 Å². The number of nitrogens with one attached hydrogen (secondary N) is 1. The summed E-state index contributed by atoms with van der Waals surface area (Å²) in [6.07, 6.45) is 0. The molecule has 1 amide bonds. The Balaban J connectivity index is 1.39. The van der Waals surface area contributed by atoms with E-state index in [9.17, 15) is 4.79 Å². The lowest BCUT2D eigenvalue weighted by Crippen LogP contribution is -2.31. The van der Waals surface area contributed by atoms with Gasteiger partial charge in [0, 0.05) is 11.1 Å². The maximum absolute atomic E-state index is 13.0. The maximum Gasteiger partial charge on any atom is 0.233 e. The fourth-order valence-corrected chi connectivity index (χ4v) is 3.39. The molecule has 0 aliphatic carbocycles. The molecule has 0 saturated heterocycles. The molecule has 30 heavy (non-hydrogen) atoms. The second-order valence-corrected chi connectivity index (χ2v) is 6.62. The summed E-state index contributed by atoms with van der Waals surface area (Å²) in [7, 11) is 1.59. The highest BCUT2D eigenvalue weighted by Gasteiger charge is 2.31. The van der Waals surface area contributed by atoms with Crippen LogP contribution in [0.25, 0.3) is 0 Å². The highest BCUT2D eigenvalue weighted by atomic mass is 16.5. The zero-order chi connectivity index (χ0) is 20.8. The number of ether oxygens (including phenoxy) is 3. The minimum atomic E-state index is -0.433. The van der Waals surface area contributed by atoms with E-state index < -0.39 is 5.92 Å². The van der Waals surface area contributed by atoms with Crippen LogP contribution in [-0.2, 0) is 4.79 Å². The highest BCUT2D eigenvalue weighted by Crippen LogP contribution is 2.43. The zero-order valence-corrected chi connectivity index (χ0v) is 16.6. The largest absolute Gasteiger partial charge is 0.493 e. The molecule has 3 aromatic carbocycles.